The van der Waals surface area contributed by atoms with Gasteiger partial charge in [0, 0.05) is 19.0 Å². The number of carbonyl (C=O) groups excluding carboxylic acids is 1. The molecule has 1 aromatic heterocycles. The Morgan fingerprint density at radius 2 is 1.92 bits per heavy atom. The summed E-state index contributed by atoms with van der Waals surface area (Å²) in [5.74, 6) is -0.871. The highest BCUT2D eigenvalue weighted by molar-refractivity contribution is 5.94. The lowest BCUT2D eigenvalue weighted by molar-refractivity contribution is -0.167. The Morgan fingerprint density at radius 3 is 2.58 bits per heavy atom. The zero-order valence-electron chi connectivity index (χ0n) is 13.6. The Balaban J connectivity index is 1.63. The molecule has 0 bridgehead atoms. The van der Waals surface area contributed by atoms with E-state index < -0.39 is 24.2 Å². The lowest BCUT2D eigenvalue weighted by Crippen LogP contribution is -2.43. The molecule has 0 fully saturated rings. The van der Waals surface area contributed by atoms with Gasteiger partial charge in [-0.25, -0.2) is 0 Å². The second kappa shape index (κ2) is 7.55. The molecule has 0 spiro atoms. The SMILES string of the molecule is O=C(NC(c1ccccn1)C(F)(F)F)C1CC(Cc2ccccc2)=NO1. The molecule has 3 rings (SSSR count). The first kappa shape index (κ1) is 17.9. The van der Waals surface area contributed by atoms with Crippen molar-refractivity contribution in [3.05, 3.63) is 66.0 Å². The number of rotatable bonds is 5. The van der Waals surface area contributed by atoms with Crippen molar-refractivity contribution in [1.29, 1.82) is 0 Å². The molecule has 2 atom stereocenters. The molecule has 26 heavy (non-hydrogen) atoms. The Bertz CT molecular complexity index is 779. The molecule has 136 valence electrons. The van der Waals surface area contributed by atoms with Crippen LogP contribution in [-0.4, -0.2) is 28.9 Å². The van der Waals surface area contributed by atoms with Gasteiger partial charge in [-0.1, -0.05) is 41.6 Å². The standard InChI is InChI=1S/C18H16F3N3O2/c19-18(20,21)16(14-8-4-5-9-22-14)23-17(25)15-11-13(24-26-15)10-12-6-2-1-3-7-12/h1-9,15-16H,10-11H2,(H,23,25). The molecule has 1 amide bonds. The van der Waals surface area contributed by atoms with Crippen LogP contribution in [-0.2, 0) is 16.1 Å². The molecular weight excluding hydrogens is 347 g/mol. The topological polar surface area (TPSA) is 63.6 Å². The molecule has 0 radical (unpaired) electrons. The summed E-state index contributed by atoms with van der Waals surface area (Å²) < 4.78 is 39.9. The number of aromatic nitrogens is 1. The zero-order chi connectivity index (χ0) is 18.6. The smallest absolute Gasteiger partial charge is 0.382 e. The third-order valence-corrected chi connectivity index (χ3v) is 3.87. The number of benzene rings is 1. The lowest BCUT2D eigenvalue weighted by atomic mass is 10.0. The second-order valence-electron chi connectivity index (χ2n) is 5.86. The monoisotopic (exact) mass is 363 g/mol. The number of alkyl halides is 3. The number of nitrogens with one attached hydrogen (secondary N) is 1. The van der Waals surface area contributed by atoms with E-state index in [9.17, 15) is 18.0 Å². The van der Waals surface area contributed by atoms with Gasteiger partial charge in [-0.15, -0.1) is 0 Å². The van der Waals surface area contributed by atoms with E-state index in [-0.39, 0.29) is 12.1 Å². The van der Waals surface area contributed by atoms with Crippen molar-refractivity contribution in [2.75, 3.05) is 0 Å². The van der Waals surface area contributed by atoms with Crippen LogP contribution in [0.3, 0.4) is 0 Å². The number of hydrogen-bond donors (Lipinski definition) is 1. The van der Waals surface area contributed by atoms with E-state index in [0.717, 1.165) is 5.56 Å². The Hall–Kier alpha value is -2.90. The van der Waals surface area contributed by atoms with Gasteiger partial charge in [-0.2, -0.15) is 13.2 Å². The van der Waals surface area contributed by atoms with Crippen LogP contribution in [0.25, 0.3) is 0 Å². The zero-order valence-corrected chi connectivity index (χ0v) is 13.6. The molecule has 2 heterocycles. The van der Waals surface area contributed by atoms with E-state index in [1.807, 2.05) is 35.6 Å². The summed E-state index contributed by atoms with van der Waals surface area (Å²) in [4.78, 5) is 21.0. The fourth-order valence-electron chi connectivity index (χ4n) is 2.61. The second-order valence-corrected chi connectivity index (χ2v) is 5.86. The summed E-state index contributed by atoms with van der Waals surface area (Å²) in [6.45, 7) is 0. The van der Waals surface area contributed by atoms with Crippen molar-refractivity contribution in [1.82, 2.24) is 10.3 Å². The Labute approximate surface area is 147 Å². The van der Waals surface area contributed by atoms with Crippen molar-refractivity contribution < 1.29 is 22.8 Å². The van der Waals surface area contributed by atoms with Crippen molar-refractivity contribution in [3.63, 3.8) is 0 Å². The highest BCUT2D eigenvalue weighted by Gasteiger charge is 2.44. The molecule has 1 N–H and O–H groups in total. The quantitative estimate of drug-likeness (QED) is 0.887. The maximum Gasteiger partial charge on any atom is 0.414 e. The minimum Gasteiger partial charge on any atom is -0.382 e. The number of pyridine rings is 1. The maximum atomic E-state index is 13.3. The molecule has 2 unspecified atom stereocenters. The van der Waals surface area contributed by atoms with E-state index in [0.29, 0.717) is 12.1 Å². The van der Waals surface area contributed by atoms with E-state index in [1.54, 1.807) is 0 Å². The third kappa shape index (κ3) is 4.38. The first-order valence-electron chi connectivity index (χ1n) is 7.97. The molecule has 0 saturated heterocycles. The van der Waals surface area contributed by atoms with Crippen LogP contribution in [0.5, 0.6) is 0 Å². The number of nitrogens with zero attached hydrogens (tertiary/aromatic N) is 2. The predicted molar refractivity (Wildman–Crippen MR) is 88.2 cm³/mol. The first-order valence-corrected chi connectivity index (χ1v) is 7.97. The molecule has 8 heteroatoms. The number of halogens is 3. The van der Waals surface area contributed by atoms with E-state index in [1.165, 1.54) is 24.4 Å². The number of oxime groups is 1. The van der Waals surface area contributed by atoms with Gasteiger partial charge in [0.2, 0.25) is 6.10 Å². The molecular formula is C18H16F3N3O2. The highest BCUT2D eigenvalue weighted by Crippen LogP contribution is 2.32. The summed E-state index contributed by atoms with van der Waals surface area (Å²) in [6, 6.07) is 11.4. The van der Waals surface area contributed by atoms with Gasteiger partial charge in [0.05, 0.1) is 11.4 Å². The number of hydrogen-bond acceptors (Lipinski definition) is 4. The molecule has 0 aliphatic carbocycles. The summed E-state index contributed by atoms with van der Waals surface area (Å²) >= 11 is 0. The van der Waals surface area contributed by atoms with Crippen LogP contribution < -0.4 is 5.32 Å². The van der Waals surface area contributed by atoms with Crippen LogP contribution >= 0.6 is 0 Å². The molecule has 1 aliphatic heterocycles. The fraction of sp³-hybridized carbons (Fsp3) is 0.278. The van der Waals surface area contributed by atoms with Crippen molar-refractivity contribution in [2.45, 2.75) is 31.2 Å². The van der Waals surface area contributed by atoms with Crippen LogP contribution in [0.15, 0.2) is 59.9 Å². The van der Waals surface area contributed by atoms with Gasteiger partial charge in [-0.05, 0) is 17.7 Å². The van der Waals surface area contributed by atoms with Crippen molar-refractivity contribution in [3.8, 4) is 0 Å². The van der Waals surface area contributed by atoms with Gasteiger partial charge in [0.15, 0.2) is 6.04 Å². The average molecular weight is 363 g/mol. The van der Waals surface area contributed by atoms with E-state index in [2.05, 4.69) is 10.1 Å². The lowest BCUT2D eigenvalue weighted by Gasteiger charge is -2.22. The number of carbonyl (C=O) groups is 1. The normalized spacial score (nSPS) is 18.0. The number of amides is 1. The predicted octanol–water partition coefficient (Wildman–Crippen LogP) is 3.19. The largest absolute Gasteiger partial charge is 0.414 e. The summed E-state index contributed by atoms with van der Waals surface area (Å²) in [5.41, 5.74) is 1.31. The average Bonchev–Trinajstić information content (AvgIpc) is 3.09. The van der Waals surface area contributed by atoms with Crippen molar-refractivity contribution >= 4 is 11.6 Å². The Kier molecular flexibility index (Phi) is 5.20. The molecule has 1 aromatic carbocycles. The molecule has 5 nitrogen and oxygen atoms in total. The summed E-state index contributed by atoms with van der Waals surface area (Å²) in [7, 11) is 0. The van der Waals surface area contributed by atoms with Crippen LogP contribution in [0, 0.1) is 0 Å². The van der Waals surface area contributed by atoms with Gasteiger partial charge >= 0.3 is 6.18 Å². The van der Waals surface area contributed by atoms with Crippen molar-refractivity contribution in [2.24, 2.45) is 5.16 Å². The molecule has 0 saturated carbocycles. The van der Waals surface area contributed by atoms with Crippen LogP contribution in [0.4, 0.5) is 13.2 Å². The fourth-order valence-corrected chi connectivity index (χ4v) is 2.61. The minimum absolute atomic E-state index is 0.146. The molecule has 1 aliphatic rings. The summed E-state index contributed by atoms with van der Waals surface area (Å²) in [6.07, 6.45) is -3.88. The van der Waals surface area contributed by atoms with Crippen LogP contribution in [0.2, 0.25) is 0 Å². The van der Waals surface area contributed by atoms with Gasteiger partial charge in [0.25, 0.3) is 5.91 Å². The van der Waals surface area contributed by atoms with Crippen LogP contribution in [0.1, 0.15) is 23.7 Å². The first-order chi connectivity index (χ1) is 12.4. The van der Waals surface area contributed by atoms with Gasteiger partial charge in [-0.3, -0.25) is 9.78 Å². The van der Waals surface area contributed by atoms with Gasteiger partial charge < -0.3 is 10.2 Å². The minimum atomic E-state index is -4.67. The Morgan fingerprint density at radius 1 is 1.19 bits per heavy atom. The van der Waals surface area contributed by atoms with Gasteiger partial charge in [0.1, 0.15) is 0 Å². The van der Waals surface area contributed by atoms with E-state index in [4.69, 9.17) is 4.84 Å². The summed E-state index contributed by atoms with van der Waals surface area (Å²) in [5, 5.41) is 5.81. The maximum absolute atomic E-state index is 13.3. The van der Waals surface area contributed by atoms with E-state index >= 15 is 0 Å². The molecule has 2 aromatic rings. The highest BCUT2D eigenvalue weighted by atomic mass is 19.4. The third-order valence-electron chi connectivity index (χ3n) is 3.87.